The number of carbonyl (C=O) groups is 1. The van der Waals surface area contributed by atoms with Crippen LogP contribution in [0.2, 0.25) is 10.0 Å². The van der Waals surface area contributed by atoms with Gasteiger partial charge in [-0.15, -0.1) is 0 Å². The van der Waals surface area contributed by atoms with Crippen LogP contribution in [0.5, 0.6) is 0 Å². The Morgan fingerprint density at radius 3 is 2.74 bits per heavy atom. The Kier molecular flexibility index (Phi) is 4.91. The first-order chi connectivity index (χ1) is 13.0. The van der Waals surface area contributed by atoms with E-state index < -0.39 is 0 Å². The first-order valence-corrected chi connectivity index (χ1v) is 9.47. The summed E-state index contributed by atoms with van der Waals surface area (Å²) < 4.78 is 6.55. The molecule has 134 valence electrons. The Labute approximate surface area is 173 Å². The molecule has 4 aromatic rings. The molecule has 0 radical (unpaired) electrons. The molecule has 3 aromatic carbocycles. The number of benzene rings is 3. The molecule has 1 N–H and O–H groups in total. The fourth-order valence-corrected chi connectivity index (χ4v) is 3.35. The number of hydrogen-bond acceptors (Lipinski definition) is 3. The van der Waals surface area contributed by atoms with Gasteiger partial charge >= 0.3 is 0 Å². The van der Waals surface area contributed by atoms with Crippen LogP contribution in [0, 0.1) is 0 Å². The van der Waals surface area contributed by atoms with Gasteiger partial charge < -0.3 is 9.73 Å². The Balaban J connectivity index is 1.63. The van der Waals surface area contributed by atoms with E-state index in [9.17, 15) is 4.79 Å². The van der Waals surface area contributed by atoms with Crippen LogP contribution in [0.25, 0.3) is 22.6 Å². The summed E-state index contributed by atoms with van der Waals surface area (Å²) in [4.78, 5) is 17.0. The Bertz CT molecular complexity index is 1170. The Morgan fingerprint density at radius 2 is 1.89 bits per heavy atom. The molecule has 0 fully saturated rings. The molecule has 0 aliphatic rings. The third kappa shape index (κ3) is 3.86. The van der Waals surface area contributed by atoms with Crippen molar-refractivity contribution in [2.75, 3.05) is 5.32 Å². The summed E-state index contributed by atoms with van der Waals surface area (Å²) in [6, 6.07) is 17.6. The number of fused-ring (bicyclic) bond motifs is 1. The maximum Gasteiger partial charge on any atom is 0.257 e. The van der Waals surface area contributed by atoms with Crippen LogP contribution in [0.4, 0.5) is 5.69 Å². The summed E-state index contributed by atoms with van der Waals surface area (Å²) in [5.41, 5.74) is 3.04. The Hall–Kier alpha value is -2.34. The highest BCUT2D eigenvalue weighted by Gasteiger charge is 2.13. The van der Waals surface area contributed by atoms with E-state index in [4.69, 9.17) is 27.6 Å². The third-order valence-corrected chi connectivity index (χ3v) is 4.95. The second-order valence-corrected chi connectivity index (χ2v) is 7.55. The van der Waals surface area contributed by atoms with Crippen LogP contribution in [-0.2, 0) is 0 Å². The van der Waals surface area contributed by atoms with Gasteiger partial charge in [0.25, 0.3) is 5.91 Å². The van der Waals surface area contributed by atoms with E-state index in [1.165, 1.54) is 0 Å². The van der Waals surface area contributed by atoms with Gasteiger partial charge in [0.1, 0.15) is 5.52 Å². The standard InChI is InChI=1S/C20H11BrCl2N2O2/c21-12-4-6-16(23)15(9-12)19(26)24-14-3-1-2-11(8-14)20-25-17-10-13(22)5-7-18(17)27-20/h1-10H,(H,24,26). The van der Waals surface area contributed by atoms with E-state index in [-0.39, 0.29) is 5.91 Å². The number of hydrogen-bond donors (Lipinski definition) is 1. The lowest BCUT2D eigenvalue weighted by atomic mass is 10.1. The van der Waals surface area contributed by atoms with Gasteiger partial charge in [0.05, 0.1) is 10.6 Å². The van der Waals surface area contributed by atoms with Crippen molar-refractivity contribution < 1.29 is 9.21 Å². The van der Waals surface area contributed by atoms with Crippen molar-refractivity contribution in [1.82, 2.24) is 4.98 Å². The van der Waals surface area contributed by atoms with Gasteiger partial charge in [0.2, 0.25) is 5.89 Å². The Morgan fingerprint density at radius 1 is 1.04 bits per heavy atom. The number of amides is 1. The molecule has 0 aliphatic carbocycles. The summed E-state index contributed by atoms with van der Waals surface area (Å²) in [6.07, 6.45) is 0. The SMILES string of the molecule is O=C(Nc1cccc(-c2nc3cc(Cl)ccc3o2)c1)c1cc(Br)ccc1Cl. The molecular formula is C20H11BrCl2N2O2. The van der Waals surface area contributed by atoms with Crippen LogP contribution < -0.4 is 5.32 Å². The van der Waals surface area contributed by atoms with Crippen LogP contribution in [0.15, 0.2) is 69.6 Å². The zero-order valence-corrected chi connectivity index (χ0v) is 16.8. The van der Waals surface area contributed by atoms with Crippen molar-refractivity contribution in [1.29, 1.82) is 0 Å². The minimum Gasteiger partial charge on any atom is -0.436 e. The molecule has 0 unspecified atom stereocenters. The van der Waals surface area contributed by atoms with Gasteiger partial charge in [-0.1, -0.05) is 45.2 Å². The lowest BCUT2D eigenvalue weighted by Gasteiger charge is -2.08. The second-order valence-electron chi connectivity index (χ2n) is 5.79. The molecule has 7 heteroatoms. The molecule has 0 saturated heterocycles. The number of anilines is 1. The quantitative estimate of drug-likeness (QED) is 0.364. The van der Waals surface area contributed by atoms with E-state index in [1.807, 2.05) is 12.1 Å². The van der Waals surface area contributed by atoms with Crippen molar-refractivity contribution >= 4 is 61.8 Å². The van der Waals surface area contributed by atoms with Crippen molar-refractivity contribution in [3.05, 3.63) is 80.7 Å². The van der Waals surface area contributed by atoms with E-state index in [0.717, 1.165) is 10.0 Å². The summed E-state index contributed by atoms with van der Waals surface area (Å²) in [7, 11) is 0. The van der Waals surface area contributed by atoms with Crippen LogP contribution in [-0.4, -0.2) is 10.9 Å². The lowest BCUT2D eigenvalue weighted by molar-refractivity contribution is 0.102. The maximum atomic E-state index is 12.5. The molecule has 0 saturated carbocycles. The van der Waals surface area contributed by atoms with Gasteiger partial charge in [-0.3, -0.25) is 4.79 Å². The molecule has 4 nitrogen and oxygen atoms in total. The maximum absolute atomic E-state index is 12.5. The molecule has 1 heterocycles. The van der Waals surface area contributed by atoms with Crippen LogP contribution in [0.3, 0.4) is 0 Å². The fraction of sp³-hybridized carbons (Fsp3) is 0. The number of nitrogens with one attached hydrogen (secondary N) is 1. The van der Waals surface area contributed by atoms with Gasteiger partial charge in [0.15, 0.2) is 5.58 Å². The van der Waals surface area contributed by atoms with Crippen molar-refractivity contribution in [3.63, 3.8) is 0 Å². The largest absolute Gasteiger partial charge is 0.436 e. The highest BCUT2D eigenvalue weighted by atomic mass is 79.9. The van der Waals surface area contributed by atoms with E-state index in [2.05, 4.69) is 26.2 Å². The number of halogens is 3. The topological polar surface area (TPSA) is 55.1 Å². The number of nitrogens with zero attached hydrogens (tertiary/aromatic N) is 1. The minimum absolute atomic E-state index is 0.303. The summed E-state index contributed by atoms with van der Waals surface area (Å²) in [5.74, 6) is 0.145. The van der Waals surface area contributed by atoms with E-state index in [1.54, 1.807) is 48.5 Å². The number of aromatic nitrogens is 1. The first kappa shape index (κ1) is 18.0. The van der Waals surface area contributed by atoms with E-state index in [0.29, 0.717) is 38.3 Å². The molecule has 0 bridgehead atoms. The summed E-state index contributed by atoms with van der Waals surface area (Å²) >= 11 is 15.5. The molecule has 1 amide bonds. The van der Waals surface area contributed by atoms with Crippen molar-refractivity contribution in [2.45, 2.75) is 0 Å². The minimum atomic E-state index is -0.303. The van der Waals surface area contributed by atoms with Crippen LogP contribution >= 0.6 is 39.1 Å². The lowest BCUT2D eigenvalue weighted by Crippen LogP contribution is -2.12. The third-order valence-electron chi connectivity index (χ3n) is 3.89. The average molecular weight is 462 g/mol. The zero-order valence-electron chi connectivity index (χ0n) is 13.7. The summed E-state index contributed by atoms with van der Waals surface area (Å²) in [6.45, 7) is 0. The number of rotatable bonds is 3. The van der Waals surface area contributed by atoms with Crippen molar-refractivity contribution in [2.24, 2.45) is 0 Å². The van der Waals surface area contributed by atoms with E-state index >= 15 is 0 Å². The first-order valence-electron chi connectivity index (χ1n) is 7.92. The molecule has 4 rings (SSSR count). The normalized spacial score (nSPS) is 10.9. The van der Waals surface area contributed by atoms with Gasteiger partial charge in [-0.25, -0.2) is 4.98 Å². The molecule has 0 aliphatic heterocycles. The smallest absolute Gasteiger partial charge is 0.257 e. The average Bonchev–Trinajstić information content (AvgIpc) is 3.07. The molecule has 0 spiro atoms. The monoisotopic (exact) mass is 460 g/mol. The molecule has 27 heavy (non-hydrogen) atoms. The van der Waals surface area contributed by atoms with Gasteiger partial charge in [0, 0.05) is 20.7 Å². The number of oxazole rings is 1. The number of carbonyl (C=O) groups excluding carboxylic acids is 1. The fourth-order valence-electron chi connectivity index (χ4n) is 2.62. The van der Waals surface area contributed by atoms with Gasteiger partial charge in [-0.2, -0.15) is 0 Å². The molecular weight excluding hydrogens is 451 g/mol. The second kappa shape index (κ2) is 7.35. The van der Waals surface area contributed by atoms with Crippen LogP contribution in [0.1, 0.15) is 10.4 Å². The summed E-state index contributed by atoms with van der Waals surface area (Å²) in [5, 5.41) is 3.81. The highest BCUT2D eigenvalue weighted by Crippen LogP contribution is 2.28. The van der Waals surface area contributed by atoms with Gasteiger partial charge in [-0.05, 0) is 54.6 Å². The predicted octanol–water partition coefficient (Wildman–Crippen LogP) is 6.82. The predicted molar refractivity (Wildman–Crippen MR) is 112 cm³/mol. The van der Waals surface area contributed by atoms with Crippen molar-refractivity contribution in [3.8, 4) is 11.5 Å². The molecule has 1 aromatic heterocycles. The molecule has 0 atom stereocenters. The highest BCUT2D eigenvalue weighted by molar-refractivity contribution is 9.10. The zero-order chi connectivity index (χ0) is 19.0.